The fraction of sp³-hybridized carbons (Fsp3) is 0.355. The van der Waals surface area contributed by atoms with E-state index in [1.807, 2.05) is 52.0 Å². The number of nitrogens with one attached hydrogen (secondary N) is 1. The molecule has 0 spiro atoms. The average molecular weight is 566 g/mol. The van der Waals surface area contributed by atoms with Gasteiger partial charge in [0, 0.05) is 19.2 Å². The van der Waals surface area contributed by atoms with Gasteiger partial charge in [-0.25, -0.2) is 8.42 Å². The Labute approximate surface area is 238 Å². The SMILES string of the molecule is CCCNC(=O)C(CC)N(Cc1ccccc1C)C(=O)CN(c1cccc(OC)c1)S(=O)(=O)c1ccc(C)cc1. The van der Waals surface area contributed by atoms with Crippen LogP contribution in [0.5, 0.6) is 5.75 Å². The number of rotatable bonds is 13. The molecule has 0 aliphatic heterocycles. The number of carbonyl (C=O) groups is 2. The van der Waals surface area contributed by atoms with Crippen molar-refractivity contribution >= 4 is 27.5 Å². The summed E-state index contributed by atoms with van der Waals surface area (Å²) in [6, 6.07) is 20.0. The molecular weight excluding hydrogens is 526 g/mol. The lowest BCUT2D eigenvalue weighted by Crippen LogP contribution is -2.52. The number of amides is 2. The minimum absolute atomic E-state index is 0.0619. The van der Waals surface area contributed by atoms with E-state index in [2.05, 4.69) is 5.32 Å². The van der Waals surface area contributed by atoms with Crippen LogP contribution in [0.3, 0.4) is 0 Å². The van der Waals surface area contributed by atoms with Crippen molar-refractivity contribution in [3.05, 3.63) is 89.5 Å². The van der Waals surface area contributed by atoms with Gasteiger partial charge < -0.3 is 15.0 Å². The highest BCUT2D eigenvalue weighted by atomic mass is 32.2. The fourth-order valence-corrected chi connectivity index (χ4v) is 5.79. The summed E-state index contributed by atoms with van der Waals surface area (Å²) in [7, 11) is -2.65. The third-order valence-electron chi connectivity index (χ3n) is 6.77. The first-order valence-corrected chi connectivity index (χ1v) is 14.9. The molecule has 0 aromatic heterocycles. The fourth-order valence-electron chi connectivity index (χ4n) is 4.39. The average Bonchev–Trinajstić information content (AvgIpc) is 2.95. The third kappa shape index (κ3) is 7.41. The van der Waals surface area contributed by atoms with Crippen LogP contribution < -0.4 is 14.4 Å². The molecule has 40 heavy (non-hydrogen) atoms. The van der Waals surface area contributed by atoms with Gasteiger partial charge in [0.05, 0.1) is 17.7 Å². The number of benzene rings is 3. The lowest BCUT2D eigenvalue weighted by molar-refractivity contribution is -0.140. The van der Waals surface area contributed by atoms with Gasteiger partial charge >= 0.3 is 0 Å². The molecule has 0 saturated heterocycles. The second-order valence-electron chi connectivity index (χ2n) is 9.69. The van der Waals surface area contributed by atoms with E-state index in [-0.39, 0.29) is 23.0 Å². The van der Waals surface area contributed by atoms with Crippen LogP contribution in [0.25, 0.3) is 0 Å². The van der Waals surface area contributed by atoms with Crippen LogP contribution in [0.15, 0.2) is 77.7 Å². The van der Waals surface area contributed by atoms with Crippen LogP contribution >= 0.6 is 0 Å². The zero-order valence-corrected chi connectivity index (χ0v) is 24.7. The van der Waals surface area contributed by atoms with E-state index in [1.54, 1.807) is 36.4 Å². The minimum Gasteiger partial charge on any atom is -0.497 e. The van der Waals surface area contributed by atoms with Crippen molar-refractivity contribution in [3.8, 4) is 5.75 Å². The molecule has 0 fully saturated rings. The Morgan fingerprint density at radius 1 is 0.950 bits per heavy atom. The molecule has 8 nitrogen and oxygen atoms in total. The first kappa shape index (κ1) is 30.7. The highest BCUT2D eigenvalue weighted by molar-refractivity contribution is 7.92. The van der Waals surface area contributed by atoms with Gasteiger partial charge in [-0.2, -0.15) is 0 Å². The highest BCUT2D eigenvalue weighted by Crippen LogP contribution is 2.28. The van der Waals surface area contributed by atoms with Crippen molar-refractivity contribution in [2.24, 2.45) is 0 Å². The topological polar surface area (TPSA) is 96.0 Å². The summed E-state index contributed by atoms with van der Waals surface area (Å²) in [6.45, 7) is 7.78. The van der Waals surface area contributed by atoms with Crippen molar-refractivity contribution in [1.82, 2.24) is 10.2 Å². The molecule has 3 aromatic rings. The van der Waals surface area contributed by atoms with Crippen LogP contribution in [-0.4, -0.2) is 51.4 Å². The normalized spacial score (nSPS) is 11.9. The number of nitrogens with zero attached hydrogens (tertiary/aromatic N) is 2. The van der Waals surface area contributed by atoms with E-state index < -0.39 is 28.5 Å². The number of sulfonamides is 1. The second kappa shape index (κ2) is 14.0. The molecule has 1 unspecified atom stereocenters. The number of ether oxygens (including phenoxy) is 1. The molecule has 0 aliphatic rings. The van der Waals surface area contributed by atoms with E-state index in [0.717, 1.165) is 27.4 Å². The van der Waals surface area contributed by atoms with Crippen molar-refractivity contribution in [2.45, 2.75) is 58.0 Å². The predicted octanol–water partition coefficient (Wildman–Crippen LogP) is 4.84. The van der Waals surface area contributed by atoms with Gasteiger partial charge in [0.2, 0.25) is 11.8 Å². The Morgan fingerprint density at radius 2 is 1.65 bits per heavy atom. The number of carbonyl (C=O) groups excluding carboxylic acids is 2. The summed E-state index contributed by atoms with van der Waals surface area (Å²) >= 11 is 0. The summed E-state index contributed by atoms with van der Waals surface area (Å²) in [4.78, 5) is 28.9. The smallest absolute Gasteiger partial charge is 0.264 e. The van der Waals surface area contributed by atoms with Crippen molar-refractivity contribution < 1.29 is 22.7 Å². The molecule has 214 valence electrons. The van der Waals surface area contributed by atoms with Crippen molar-refractivity contribution in [1.29, 1.82) is 0 Å². The van der Waals surface area contributed by atoms with Crippen LogP contribution in [0.1, 0.15) is 43.4 Å². The lowest BCUT2D eigenvalue weighted by Gasteiger charge is -2.33. The Hall–Kier alpha value is -3.85. The maximum Gasteiger partial charge on any atom is 0.264 e. The zero-order chi connectivity index (χ0) is 29.3. The van der Waals surface area contributed by atoms with Gasteiger partial charge in [0.15, 0.2) is 0 Å². The zero-order valence-electron chi connectivity index (χ0n) is 23.9. The maximum atomic E-state index is 14.1. The molecule has 0 radical (unpaired) electrons. The second-order valence-corrected chi connectivity index (χ2v) is 11.6. The van der Waals surface area contributed by atoms with Crippen LogP contribution in [-0.2, 0) is 26.2 Å². The summed E-state index contributed by atoms with van der Waals surface area (Å²) in [5.41, 5.74) is 3.05. The number of hydrogen-bond acceptors (Lipinski definition) is 5. The number of hydrogen-bond donors (Lipinski definition) is 1. The van der Waals surface area contributed by atoms with Crippen molar-refractivity contribution in [3.63, 3.8) is 0 Å². The van der Waals surface area contributed by atoms with Crippen LogP contribution in [0.4, 0.5) is 5.69 Å². The molecule has 9 heteroatoms. The maximum absolute atomic E-state index is 14.1. The molecule has 3 rings (SSSR count). The summed E-state index contributed by atoms with van der Waals surface area (Å²) in [5, 5.41) is 2.90. The first-order chi connectivity index (χ1) is 19.1. The Bertz CT molecular complexity index is 1410. The van der Waals surface area contributed by atoms with Crippen molar-refractivity contribution in [2.75, 3.05) is 24.5 Å². The van der Waals surface area contributed by atoms with E-state index >= 15 is 0 Å². The molecule has 0 aliphatic carbocycles. The van der Waals surface area contributed by atoms with Gasteiger partial charge in [-0.15, -0.1) is 0 Å². The minimum atomic E-state index is -4.14. The molecule has 0 saturated carbocycles. The number of aryl methyl sites for hydroxylation is 2. The van der Waals surface area contributed by atoms with Crippen LogP contribution in [0.2, 0.25) is 0 Å². The summed E-state index contributed by atoms with van der Waals surface area (Å²) < 4.78 is 34.4. The molecule has 3 aromatic carbocycles. The Kier molecular flexibility index (Phi) is 10.7. The highest BCUT2D eigenvalue weighted by Gasteiger charge is 2.34. The molecule has 2 amide bonds. The molecule has 1 atom stereocenters. The van der Waals surface area contributed by atoms with Gasteiger partial charge in [-0.3, -0.25) is 13.9 Å². The third-order valence-corrected chi connectivity index (χ3v) is 8.55. The van der Waals surface area contributed by atoms with Gasteiger partial charge in [-0.1, -0.05) is 61.9 Å². The Balaban J connectivity index is 2.08. The Morgan fingerprint density at radius 3 is 2.27 bits per heavy atom. The van der Waals surface area contributed by atoms with Gasteiger partial charge in [0.25, 0.3) is 10.0 Å². The monoisotopic (exact) mass is 565 g/mol. The molecule has 0 bridgehead atoms. The first-order valence-electron chi connectivity index (χ1n) is 13.5. The quantitative estimate of drug-likeness (QED) is 0.320. The van der Waals surface area contributed by atoms with Gasteiger partial charge in [0.1, 0.15) is 18.3 Å². The summed E-state index contributed by atoms with van der Waals surface area (Å²) in [5.74, 6) is -0.294. The standard InChI is InChI=1S/C31H39N3O5S/c1-6-19-32-31(36)29(7-2)33(21-25-12-9-8-11-24(25)4)30(35)22-34(26-13-10-14-27(20-26)39-5)40(37,38)28-17-15-23(3)16-18-28/h8-18,20,29H,6-7,19,21-22H2,1-5H3,(H,32,36). The summed E-state index contributed by atoms with van der Waals surface area (Å²) in [6.07, 6.45) is 1.13. The van der Waals surface area contributed by atoms with E-state index in [1.165, 1.54) is 24.1 Å². The van der Waals surface area contributed by atoms with Gasteiger partial charge in [-0.05, 0) is 62.1 Å². The van der Waals surface area contributed by atoms with E-state index in [0.29, 0.717) is 18.7 Å². The molecular formula is C31H39N3O5S. The van der Waals surface area contributed by atoms with E-state index in [4.69, 9.17) is 4.74 Å². The van der Waals surface area contributed by atoms with E-state index in [9.17, 15) is 18.0 Å². The lowest BCUT2D eigenvalue weighted by atomic mass is 10.1. The number of anilines is 1. The predicted molar refractivity (Wildman–Crippen MR) is 158 cm³/mol. The molecule has 0 heterocycles. The largest absolute Gasteiger partial charge is 0.497 e. The molecule has 1 N–H and O–H groups in total. The van der Waals surface area contributed by atoms with Crippen LogP contribution in [0, 0.1) is 13.8 Å². The number of methoxy groups -OCH3 is 1.